The molecule has 0 unspecified atom stereocenters. The Morgan fingerprint density at radius 2 is 2.00 bits per heavy atom. The van der Waals surface area contributed by atoms with Crippen molar-refractivity contribution in [3.8, 4) is 0 Å². The Balaban J connectivity index is 1.96. The van der Waals surface area contributed by atoms with Gasteiger partial charge in [-0.1, -0.05) is 19.1 Å². The Hall–Kier alpha value is -0.540. The Morgan fingerprint density at radius 3 is 2.62 bits per heavy atom. The molecule has 88 valence electrons. The standard InChI is InChI=1S/C13H19BrN2/c1-2-15-11-7-9-16(10-8-11)13-6-4-3-5-12(13)14/h3-6,11,15H,2,7-10H2,1H3. The van der Waals surface area contributed by atoms with E-state index in [0.717, 1.165) is 19.6 Å². The fraction of sp³-hybridized carbons (Fsp3) is 0.538. The lowest BCUT2D eigenvalue weighted by Gasteiger charge is -2.34. The second-order valence-electron chi connectivity index (χ2n) is 4.27. The molecule has 0 aromatic heterocycles. The summed E-state index contributed by atoms with van der Waals surface area (Å²) in [7, 11) is 0. The molecule has 3 heteroatoms. The maximum atomic E-state index is 3.62. The molecule has 16 heavy (non-hydrogen) atoms. The molecule has 0 saturated carbocycles. The van der Waals surface area contributed by atoms with Gasteiger partial charge in [0.05, 0.1) is 5.69 Å². The van der Waals surface area contributed by atoms with Gasteiger partial charge in [0, 0.05) is 23.6 Å². The van der Waals surface area contributed by atoms with Crippen LogP contribution in [0.1, 0.15) is 19.8 Å². The number of hydrogen-bond acceptors (Lipinski definition) is 2. The zero-order chi connectivity index (χ0) is 11.4. The topological polar surface area (TPSA) is 15.3 Å². The van der Waals surface area contributed by atoms with Gasteiger partial charge in [0.25, 0.3) is 0 Å². The number of nitrogens with one attached hydrogen (secondary N) is 1. The Labute approximate surface area is 106 Å². The third-order valence-corrected chi connectivity index (χ3v) is 3.85. The van der Waals surface area contributed by atoms with Gasteiger partial charge in [-0.15, -0.1) is 0 Å². The number of hydrogen-bond donors (Lipinski definition) is 1. The van der Waals surface area contributed by atoms with Gasteiger partial charge in [-0.25, -0.2) is 0 Å². The average Bonchev–Trinajstić information content (AvgIpc) is 2.31. The molecular formula is C13H19BrN2. The first kappa shape index (κ1) is 11.9. The number of para-hydroxylation sites is 1. The first-order valence-electron chi connectivity index (χ1n) is 6.04. The van der Waals surface area contributed by atoms with Gasteiger partial charge in [0.2, 0.25) is 0 Å². The van der Waals surface area contributed by atoms with E-state index in [1.54, 1.807) is 0 Å². The predicted octanol–water partition coefficient (Wildman–Crippen LogP) is 3.03. The second-order valence-corrected chi connectivity index (χ2v) is 5.12. The van der Waals surface area contributed by atoms with Crippen LogP contribution in [0.2, 0.25) is 0 Å². The van der Waals surface area contributed by atoms with Crippen molar-refractivity contribution < 1.29 is 0 Å². The SMILES string of the molecule is CCNC1CCN(c2ccccc2Br)CC1. The molecule has 1 fully saturated rings. The number of halogens is 1. The second kappa shape index (κ2) is 5.69. The smallest absolute Gasteiger partial charge is 0.0510 e. The normalized spacial score (nSPS) is 17.8. The van der Waals surface area contributed by atoms with Crippen molar-refractivity contribution in [2.24, 2.45) is 0 Å². The molecule has 2 rings (SSSR count). The predicted molar refractivity (Wildman–Crippen MR) is 73.1 cm³/mol. The number of rotatable bonds is 3. The van der Waals surface area contributed by atoms with Gasteiger partial charge >= 0.3 is 0 Å². The van der Waals surface area contributed by atoms with Crippen molar-refractivity contribution in [1.82, 2.24) is 5.32 Å². The molecule has 1 N–H and O–H groups in total. The minimum atomic E-state index is 0.712. The molecule has 0 atom stereocenters. The lowest BCUT2D eigenvalue weighted by molar-refractivity contribution is 0.424. The lowest BCUT2D eigenvalue weighted by atomic mass is 10.0. The van der Waals surface area contributed by atoms with E-state index in [4.69, 9.17) is 0 Å². The minimum absolute atomic E-state index is 0.712. The summed E-state index contributed by atoms with van der Waals surface area (Å²) in [5.41, 5.74) is 1.33. The highest BCUT2D eigenvalue weighted by molar-refractivity contribution is 9.10. The van der Waals surface area contributed by atoms with E-state index in [9.17, 15) is 0 Å². The lowest BCUT2D eigenvalue weighted by Crippen LogP contribution is -2.42. The molecule has 0 bridgehead atoms. The number of anilines is 1. The van der Waals surface area contributed by atoms with Gasteiger partial charge in [0.15, 0.2) is 0 Å². The van der Waals surface area contributed by atoms with Crippen LogP contribution < -0.4 is 10.2 Å². The third kappa shape index (κ3) is 2.77. The van der Waals surface area contributed by atoms with Crippen molar-refractivity contribution in [3.05, 3.63) is 28.7 Å². The van der Waals surface area contributed by atoms with E-state index < -0.39 is 0 Å². The molecule has 2 nitrogen and oxygen atoms in total. The van der Waals surface area contributed by atoms with E-state index in [0.29, 0.717) is 6.04 Å². The molecule has 0 aliphatic carbocycles. The van der Waals surface area contributed by atoms with Gasteiger partial charge < -0.3 is 10.2 Å². The quantitative estimate of drug-likeness (QED) is 0.917. The summed E-state index contributed by atoms with van der Waals surface area (Å²) in [5.74, 6) is 0. The first-order chi connectivity index (χ1) is 7.81. The summed E-state index contributed by atoms with van der Waals surface area (Å²) in [5, 5.41) is 3.53. The van der Waals surface area contributed by atoms with Crippen LogP contribution in [-0.4, -0.2) is 25.7 Å². The molecule has 1 saturated heterocycles. The highest BCUT2D eigenvalue weighted by Gasteiger charge is 2.19. The van der Waals surface area contributed by atoms with Gasteiger partial charge in [0.1, 0.15) is 0 Å². The van der Waals surface area contributed by atoms with Crippen LogP contribution in [0.25, 0.3) is 0 Å². The van der Waals surface area contributed by atoms with Crippen LogP contribution in [0.3, 0.4) is 0 Å². The van der Waals surface area contributed by atoms with Crippen molar-refractivity contribution in [2.75, 3.05) is 24.5 Å². The van der Waals surface area contributed by atoms with E-state index >= 15 is 0 Å². The molecule has 1 heterocycles. The Bertz CT molecular complexity index is 332. The molecular weight excluding hydrogens is 264 g/mol. The number of nitrogens with zero attached hydrogens (tertiary/aromatic N) is 1. The van der Waals surface area contributed by atoms with Crippen molar-refractivity contribution in [1.29, 1.82) is 0 Å². The van der Waals surface area contributed by atoms with Crippen molar-refractivity contribution in [3.63, 3.8) is 0 Å². The van der Waals surface area contributed by atoms with Crippen LogP contribution in [0.5, 0.6) is 0 Å². The summed E-state index contributed by atoms with van der Waals surface area (Å²) in [6, 6.07) is 9.20. The van der Waals surface area contributed by atoms with Crippen LogP contribution in [0.15, 0.2) is 28.7 Å². The van der Waals surface area contributed by atoms with E-state index in [2.05, 4.69) is 57.3 Å². The summed E-state index contributed by atoms with van der Waals surface area (Å²) >= 11 is 3.62. The summed E-state index contributed by atoms with van der Waals surface area (Å²) in [4.78, 5) is 2.47. The van der Waals surface area contributed by atoms with Crippen molar-refractivity contribution in [2.45, 2.75) is 25.8 Å². The van der Waals surface area contributed by atoms with E-state index in [1.807, 2.05) is 0 Å². The van der Waals surface area contributed by atoms with E-state index in [-0.39, 0.29) is 0 Å². The largest absolute Gasteiger partial charge is 0.371 e. The highest BCUT2D eigenvalue weighted by atomic mass is 79.9. The number of benzene rings is 1. The molecule has 0 radical (unpaired) electrons. The fourth-order valence-corrected chi connectivity index (χ4v) is 2.86. The van der Waals surface area contributed by atoms with Gasteiger partial charge in [-0.05, 0) is 47.4 Å². The van der Waals surface area contributed by atoms with Crippen LogP contribution in [0, 0.1) is 0 Å². The third-order valence-electron chi connectivity index (χ3n) is 3.18. The zero-order valence-electron chi connectivity index (χ0n) is 9.75. The van der Waals surface area contributed by atoms with Gasteiger partial charge in [-0.2, -0.15) is 0 Å². The Kier molecular flexibility index (Phi) is 4.24. The molecule has 1 aromatic rings. The van der Waals surface area contributed by atoms with Crippen LogP contribution >= 0.6 is 15.9 Å². The summed E-state index contributed by atoms with van der Waals surface area (Å²) in [6.07, 6.45) is 2.49. The van der Waals surface area contributed by atoms with Crippen LogP contribution in [0.4, 0.5) is 5.69 Å². The minimum Gasteiger partial charge on any atom is -0.371 e. The molecule has 1 aromatic carbocycles. The highest BCUT2D eigenvalue weighted by Crippen LogP contribution is 2.28. The monoisotopic (exact) mass is 282 g/mol. The zero-order valence-corrected chi connectivity index (χ0v) is 11.3. The first-order valence-corrected chi connectivity index (χ1v) is 6.83. The van der Waals surface area contributed by atoms with E-state index in [1.165, 1.54) is 23.0 Å². The summed E-state index contributed by atoms with van der Waals surface area (Å²) < 4.78 is 1.21. The summed E-state index contributed by atoms with van der Waals surface area (Å²) in [6.45, 7) is 5.57. The maximum Gasteiger partial charge on any atom is 0.0510 e. The molecule has 1 aliphatic heterocycles. The average molecular weight is 283 g/mol. The fourth-order valence-electron chi connectivity index (χ4n) is 2.32. The molecule has 0 spiro atoms. The van der Waals surface area contributed by atoms with Crippen molar-refractivity contribution >= 4 is 21.6 Å². The molecule has 0 amide bonds. The number of piperidine rings is 1. The molecule has 1 aliphatic rings. The van der Waals surface area contributed by atoms with Gasteiger partial charge in [-0.3, -0.25) is 0 Å². The Morgan fingerprint density at radius 1 is 1.31 bits per heavy atom. The maximum absolute atomic E-state index is 3.62. The van der Waals surface area contributed by atoms with Crippen LogP contribution in [-0.2, 0) is 0 Å².